The highest BCUT2D eigenvalue weighted by atomic mass is 16.3. The van der Waals surface area contributed by atoms with Crippen molar-refractivity contribution in [2.24, 2.45) is 12.0 Å². The molecule has 0 aliphatic carbocycles. The van der Waals surface area contributed by atoms with E-state index in [1.54, 1.807) is 10.8 Å². The number of aromatic nitrogens is 1. The van der Waals surface area contributed by atoms with E-state index in [9.17, 15) is 5.11 Å². The van der Waals surface area contributed by atoms with Gasteiger partial charge >= 0.3 is 0 Å². The maximum absolute atomic E-state index is 10.1. The molecule has 0 atom stereocenters. The van der Waals surface area contributed by atoms with E-state index in [1.807, 2.05) is 52.1 Å². The van der Waals surface area contributed by atoms with E-state index >= 15 is 0 Å². The third-order valence-corrected chi connectivity index (χ3v) is 2.70. The fraction of sp³-hybridized carbons (Fsp3) is 0.357. The van der Waals surface area contributed by atoms with E-state index in [0.29, 0.717) is 0 Å². The van der Waals surface area contributed by atoms with Crippen molar-refractivity contribution in [3.63, 3.8) is 0 Å². The zero-order valence-electron chi connectivity index (χ0n) is 10.7. The number of para-hydroxylation sites is 1. The molecule has 3 nitrogen and oxygen atoms in total. The van der Waals surface area contributed by atoms with E-state index in [4.69, 9.17) is 0 Å². The van der Waals surface area contributed by atoms with E-state index in [1.165, 1.54) is 0 Å². The average Bonchev–Trinajstić information content (AvgIpc) is 2.49. The number of aryl methyl sites for hydroxylation is 1. The Labute approximate surface area is 101 Å². The van der Waals surface area contributed by atoms with E-state index in [2.05, 4.69) is 4.99 Å². The van der Waals surface area contributed by atoms with Gasteiger partial charge in [-0.1, -0.05) is 18.2 Å². The zero-order valence-corrected chi connectivity index (χ0v) is 10.7. The summed E-state index contributed by atoms with van der Waals surface area (Å²) >= 11 is 0. The largest absolute Gasteiger partial charge is 0.494 e. The van der Waals surface area contributed by atoms with Crippen molar-refractivity contribution >= 4 is 17.1 Å². The smallest absolute Gasteiger partial charge is 0.200 e. The Morgan fingerprint density at radius 1 is 1.24 bits per heavy atom. The van der Waals surface area contributed by atoms with Crippen LogP contribution >= 0.6 is 0 Å². The molecule has 0 aliphatic heterocycles. The Balaban J connectivity index is 2.62. The van der Waals surface area contributed by atoms with Gasteiger partial charge in [-0.2, -0.15) is 0 Å². The van der Waals surface area contributed by atoms with Crippen LogP contribution in [0, 0.1) is 0 Å². The van der Waals surface area contributed by atoms with Crippen molar-refractivity contribution in [3.8, 4) is 5.88 Å². The van der Waals surface area contributed by atoms with Gasteiger partial charge in [-0.3, -0.25) is 4.99 Å². The Morgan fingerprint density at radius 3 is 2.53 bits per heavy atom. The molecule has 0 aliphatic rings. The quantitative estimate of drug-likeness (QED) is 0.751. The molecule has 3 heteroatoms. The van der Waals surface area contributed by atoms with E-state index in [-0.39, 0.29) is 11.4 Å². The van der Waals surface area contributed by atoms with E-state index in [0.717, 1.165) is 16.5 Å². The number of fused-ring (bicyclic) bond motifs is 1. The molecule has 1 heterocycles. The van der Waals surface area contributed by atoms with Crippen LogP contribution in [0.15, 0.2) is 29.3 Å². The lowest BCUT2D eigenvalue weighted by Crippen LogP contribution is -2.09. The molecular formula is C14H18N2O. The molecule has 1 N–H and O–H groups in total. The SMILES string of the molecule is Cn1c(O)c(C=NC(C)(C)C)c2ccccc21. The predicted molar refractivity (Wildman–Crippen MR) is 71.9 cm³/mol. The van der Waals surface area contributed by atoms with Crippen molar-refractivity contribution in [2.45, 2.75) is 26.3 Å². The van der Waals surface area contributed by atoms with Crippen LogP contribution in [0.3, 0.4) is 0 Å². The molecule has 0 spiro atoms. The van der Waals surface area contributed by atoms with Crippen LogP contribution in [0.25, 0.3) is 10.9 Å². The van der Waals surface area contributed by atoms with Crippen molar-refractivity contribution in [3.05, 3.63) is 29.8 Å². The lowest BCUT2D eigenvalue weighted by molar-refractivity contribution is 0.434. The molecule has 1 aromatic heterocycles. The van der Waals surface area contributed by atoms with Gasteiger partial charge in [0, 0.05) is 18.6 Å². The maximum Gasteiger partial charge on any atom is 0.200 e. The van der Waals surface area contributed by atoms with Gasteiger partial charge in [0.05, 0.1) is 16.6 Å². The molecule has 0 radical (unpaired) electrons. The summed E-state index contributed by atoms with van der Waals surface area (Å²) in [5.74, 6) is 0.263. The minimum atomic E-state index is -0.136. The fourth-order valence-electron chi connectivity index (χ4n) is 1.79. The van der Waals surface area contributed by atoms with Crippen LogP contribution in [0.5, 0.6) is 5.88 Å². The first-order valence-corrected chi connectivity index (χ1v) is 5.72. The van der Waals surface area contributed by atoms with Gasteiger partial charge in [0.2, 0.25) is 5.88 Å². The second-order valence-electron chi connectivity index (χ2n) is 5.24. The Bertz CT molecular complexity index is 574. The third kappa shape index (κ3) is 2.18. The summed E-state index contributed by atoms with van der Waals surface area (Å²) in [6.45, 7) is 6.10. The number of rotatable bonds is 1. The highest BCUT2D eigenvalue weighted by molar-refractivity contribution is 6.02. The molecule has 0 saturated carbocycles. The van der Waals surface area contributed by atoms with Crippen LogP contribution < -0.4 is 0 Å². The molecule has 2 rings (SSSR count). The molecule has 90 valence electrons. The summed E-state index contributed by atoms with van der Waals surface area (Å²) < 4.78 is 1.78. The first-order chi connectivity index (χ1) is 7.90. The lowest BCUT2D eigenvalue weighted by atomic mass is 10.1. The van der Waals surface area contributed by atoms with E-state index < -0.39 is 0 Å². The second kappa shape index (κ2) is 3.91. The van der Waals surface area contributed by atoms with Crippen LogP contribution in [0.4, 0.5) is 0 Å². The van der Waals surface area contributed by atoms with Gasteiger partial charge in [0.25, 0.3) is 0 Å². The number of aromatic hydroxyl groups is 1. The summed E-state index contributed by atoms with van der Waals surface area (Å²) in [7, 11) is 1.85. The lowest BCUT2D eigenvalue weighted by Gasteiger charge is -2.10. The van der Waals surface area contributed by atoms with Gasteiger partial charge in [0.15, 0.2) is 0 Å². The second-order valence-corrected chi connectivity index (χ2v) is 5.24. The van der Waals surface area contributed by atoms with Crippen LogP contribution in [-0.2, 0) is 7.05 Å². The summed E-state index contributed by atoms with van der Waals surface area (Å²) in [5, 5.41) is 11.1. The monoisotopic (exact) mass is 230 g/mol. The van der Waals surface area contributed by atoms with Crippen LogP contribution in [-0.4, -0.2) is 21.4 Å². The van der Waals surface area contributed by atoms with Crippen molar-refractivity contribution < 1.29 is 5.11 Å². The summed E-state index contributed by atoms with van der Waals surface area (Å²) in [4.78, 5) is 4.45. The molecule has 0 amide bonds. The number of nitrogens with zero attached hydrogens (tertiary/aromatic N) is 2. The molecule has 0 bridgehead atoms. The Hall–Kier alpha value is -1.77. The van der Waals surface area contributed by atoms with Gasteiger partial charge in [-0.05, 0) is 26.8 Å². The van der Waals surface area contributed by atoms with Crippen molar-refractivity contribution in [2.75, 3.05) is 0 Å². The fourth-order valence-corrected chi connectivity index (χ4v) is 1.79. The molecular weight excluding hydrogens is 212 g/mol. The normalized spacial score (nSPS) is 12.7. The number of aliphatic imine (C=N–C) groups is 1. The number of hydrogen-bond acceptors (Lipinski definition) is 2. The molecule has 17 heavy (non-hydrogen) atoms. The van der Waals surface area contributed by atoms with Crippen molar-refractivity contribution in [1.82, 2.24) is 4.57 Å². The molecule has 0 saturated heterocycles. The standard InChI is InChI=1S/C14H18N2O/c1-14(2,3)15-9-11-10-7-5-6-8-12(10)16(4)13(11)17/h5-9,17H,1-4H3. The Kier molecular flexibility index (Phi) is 2.69. The molecule has 0 unspecified atom stereocenters. The predicted octanol–water partition coefficient (Wildman–Crippen LogP) is 3.10. The highest BCUT2D eigenvalue weighted by Gasteiger charge is 2.13. The first kappa shape index (κ1) is 11.7. The maximum atomic E-state index is 10.1. The average molecular weight is 230 g/mol. The first-order valence-electron chi connectivity index (χ1n) is 5.72. The summed E-state index contributed by atoms with van der Waals surface area (Å²) in [6, 6.07) is 7.92. The Morgan fingerprint density at radius 2 is 1.88 bits per heavy atom. The minimum Gasteiger partial charge on any atom is -0.494 e. The third-order valence-electron chi connectivity index (χ3n) is 2.70. The van der Waals surface area contributed by atoms with Gasteiger partial charge in [-0.25, -0.2) is 0 Å². The van der Waals surface area contributed by atoms with Crippen LogP contribution in [0.2, 0.25) is 0 Å². The zero-order chi connectivity index (χ0) is 12.6. The highest BCUT2D eigenvalue weighted by Crippen LogP contribution is 2.28. The summed E-state index contributed by atoms with van der Waals surface area (Å²) in [5.41, 5.74) is 1.67. The number of benzene rings is 1. The number of hydrogen-bond donors (Lipinski definition) is 1. The van der Waals surface area contributed by atoms with Crippen LogP contribution in [0.1, 0.15) is 26.3 Å². The topological polar surface area (TPSA) is 37.5 Å². The van der Waals surface area contributed by atoms with Gasteiger partial charge in [-0.15, -0.1) is 0 Å². The molecule has 2 aromatic rings. The molecule has 0 fully saturated rings. The summed E-state index contributed by atoms with van der Waals surface area (Å²) in [6.07, 6.45) is 1.76. The molecule has 1 aromatic carbocycles. The van der Waals surface area contributed by atoms with Gasteiger partial charge < -0.3 is 9.67 Å². The van der Waals surface area contributed by atoms with Gasteiger partial charge in [0.1, 0.15) is 0 Å². The minimum absolute atomic E-state index is 0.136. The van der Waals surface area contributed by atoms with Crippen molar-refractivity contribution in [1.29, 1.82) is 0 Å².